The summed E-state index contributed by atoms with van der Waals surface area (Å²) >= 11 is 0. The molecule has 0 bridgehead atoms. The Balaban J connectivity index is 1.95. The molecule has 1 fully saturated rings. The molecule has 108 valence electrons. The molecule has 1 aromatic carbocycles. The van der Waals surface area contributed by atoms with Crippen molar-refractivity contribution in [1.29, 1.82) is 0 Å². The molecule has 0 radical (unpaired) electrons. The second-order valence-electron chi connectivity index (χ2n) is 5.56. The van der Waals surface area contributed by atoms with Crippen molar-refractivity contribution in [2.75, 3.05) is 6.54 Å². The molecule has 20 heavy (non-hydrogen) atoms. The molecule has 1 aromatic rings. The van der Waals surface area contributed by atoms with Crippen LogP contribution < -0.4 is 11.1 Å². The van der Waals surface area contributed by atoms with E-state index >= 15 is 0 Å². The highest BCUT2D eigenvalue weighted by molar-refractivity contribution is 6.01. The van der Waals surface area contributed by atoms with Gasteiger partial charge in [-0.15, -0.1) is 0 Å². The van der Waals surface area contributed by atoms with Crippen LogP contribution in [0.25, 0.3) is 0 Å². The third-order valence-corrected chi connectivity index (χ3v) is 3.88. The van der Waals surface area contributed by atoms with Gasteiger partial charge in [0.25, 0.3) is 5.91 Å². The van der Waals surface area contributed by atoms with E-state index in [0.717, 1.165) is 12.5 Å². The third kappa shape index (κ3) is 3.50. The quantitative estimate of drug-likeness (QED) is 0.339. The highest BCUT2D eigenvalue weighted by atomic mass is 16.4. The molecule has 0 spiro atoms. The maximum absolute atomic E-state index is 12.1. The van der Waals surface area contributed by atoms with Crippen molar-refractivity contribution in [2.24, 2.45) is 22.7 Å². The Morgan fingerprint density at radius 3 is 2.85 bits per heavy atom. The number of amidine groups is 1. The van der Waals surface area contributed by atoms with Gasteiger partial charge in [-0.2, -0.15) is 0 Å². The minimum atomic E-state index is -0.114. The van der Waals surface area contributed by atoms with Gasteiger partial charge in [0, 0.05) is 17.7 Å². The van der Waals surface area contributed by atoms with E-state index in [1.54, 1.807) is 24.3 Å². The highest BCUT2D eigenvalue weighted by Gasteiger charge is 2.21. The summed E-state index contributed by atoms with van der Waals surface area (Å²) < 4.78 is 0. The number of oxime groups is 1. The number of rotatable bonds is 4. The van der Waals surface area contributed by atoms with Gasteiger partial charge in [0.2, 0.25) is 0 Å². The van der Waals surface area contributed by atoms with E-state index in [0.29, 0.717) is 17.0 Å². The number of carbonyl (C=O) groups is 1. The smallest absolute Gasteiger partial charge is 0.251 e. The monoisotopic (exact) mass is 275 g/mol. The number of hydrogen-bond donors (Lipinski definition) is 3. The number of nitrogens with zero attached hydrogens (tertiary/aromatic N) is 1. The van der Waals surface area contributed by atoms with E-state index in [4.69, 9.17) is 10.9 Å². The molecule has 2 unspecified atom stereocenters. The number of nitrogens with one attached hydrogen (secondary N) is 1. The molecule has 5 heteroatoms. The molecule has 0 saturated heterocycles. The maximum Gasteiger partial charge on any atom is 0.251 e. The minimum absolute atomic E-state index is 0.00395. The Hall–Kier alpha value is -2.04. The van der Waals surface area contributed by atoms with Crippen molar-refractivity contribution in [3.05, 3.63) is 35.4 Å². The second-order valence-corrected chi connectivity index (χ2v) is 5.56. The van der Waals surface area contributed by atoms with E-state index in [2.05, 4.69) is 17.4 Å². The van der Waals surface area contributed by atoms with Gasteiger partial charge in [0.1, 0.15) is 0 Å². The number of nitrogens with two attached hydrogens (primary N) is 1. The van der Waals surface area contributed by atoms with Gasteiger partial charge in [-0.3, -0.25) is 4.79 Å². The van der Waals surface area contributed by atoms with Crippen molar-refractivity contribution in [3.8, 4) is 0 Å². The maximum atomic E-state index is 12.1. The van der Waals surface area contributed by atoms with Gasteiger partial charge in [0.05, 0.1) is 0 Å². The van der Waals surface area contributed by atoms with E-state index < -0.39 is 0 Å². The number of carbonyl (C=O) groups excluding carboxylic acids is 1. The molecule has 1 aliphatic rings. The normalized spacial score (nSPS) is 22.8. The van der Waals surface area contributed by atoms with Crippen molar-refractivity contribution in [2.45, 2.75) is 26.2 Å². The average molecular weight is 275 g/mol. The fourth-order valence-corrected chi connectivity index (χ4v) is 2.73. The molecule has 0 heterocycles. The van der Waals surface area contributed by atoms with Crippen LogP contribution in [-0.4, -0.2) is 23.5 Å². The van der Waals surface area contributed by atoms with Crippen LogP contribution in [0.1, 0.15) is 42.1 Å². The van der Waals surface area contributed by atoms with Gasteiger partial charge < -0.3 is 16.3 Å². The first-order valence-electron chi connectivity index (χ1n) is 6.96. The van der Waals surface area contributed by atoms with Gasteiger partial charge in [-0.1, -0.05) is 30.6 Å². The summed E-state index contributed by atoms with van der Waals surface area (Å²) in [7, 11) is 0. The van der Waals surface area contributed by atoms with Crippen LogP contribution in [0, 0.1) is 11.8 Å². The molecule has 5 nitrogen and oxygen atoms in total. The SMILES string of the molecule is CC1CCC(CNC(=O)c2cccc(/C(N)=N/O)c2)C1. The Morgan fingerprint density at radius 2 is 2.20 bits per heavy atom. The van der Waals surface area contributed by atoms with Crippen molar-refractivity contribution in [1.82, 2.24) is 5.32 Å². The molecule has 0 aromatic heterocycles. The lowest BCUT2D eigenvalue weighted by Gasteiger charge is -2.11. The summed E-state index contributed by atoms with van der Waals surface area (Å²) in [5.41, 5.74) is 6.58. The van der Waals surface area contributed by atoms with Gasteiger partial charge >= 0.3 is 0 Å². The summed E-state index contributed by atoms with van der Waals surface area (Å²) in [5.74, 6) is 1.24. The van der Waals surface area contributed by atoms with Gasteiger partial charge in [-0.25, -0.2) is 0 Å². The van der Waals surface area contributed by atoms with Crippen LogP contribution in [0.2, 0.25) is 0 Å². The zero-order valence-electron chi connectivity index (χ0n) is 11.7. The summed E-state index contributed by atoms with van der Waals surface area (Å²) in [4.78, 5) is 12.1. The lowest BCUT2D eigenvalue weighted by atomic mass is 10.1. The highest BCUT2D eigenvalue weighted by Crippen LogP contribution is 2.29. The molecule has 0 aliphatic heterocycles. The second kappa shape index (κ2) is 6.41. The summed E-state index contributed by atoms with van der Waals surface area (Å²) in [5, 5.41) is 14.6. The topological polar surface area (TPSA) is 87.7 Å². The van der Waals surface area contributed by atoms with Crippen molar-refractivity contribution >= 4 is 11.7 Å². The first kappa shape index (κ1) is 14.4. The van der Waals surface area contributed by atoms with E-state index in [-0.39, 0.29) is 11.7 Å². The molecular weight excluding hydrogens is 254 g/mol. The molecule has 2 rings (SSSR count). The fourth-order valence-electron chi connectivity index (χ4n) is 2.73. The largest absolute Gasteiger partial charge is 0.409 e. The van der Waals surface area contributed by atoms with Crippen molar-refractivity contribution in [3.63, 3.8) is 0 Å². The zero-order chi connectivity index (χ0) is 14.5. The molecule has 1 amide bonds. The van der Waals surface area contributed by atoms with Crippen LogP contribution >= 0.6 is 0 Å². The average Bonchev–Trinajstić information content (AvgIpc) is 2.89. The van der Waals surface area contributed by atoms with Crippen LogP contribution in [0.15, 0.2) is 29.4 Å². The van der Waals surface area contributed by atoms with Crippen LogP contribution in [0.4, 0.5) is 0 Å². The molecular formula is C15H21N3O2. The molecule has 1 aliphatic carbocycles. The summed E-state index contributed by atoms with van der Waals surface area (Å²) in [6, 6.07) is 6.77. The van der Waals surface area contributed by atoms with Crippen molar-refractivity contribution < 1.29 is 10.0 Å². The van der Waals surface area contributed by atoms with E-state index in [1.165, 1.54) is 19.3 Å². The zero-order valence-corrected chi connectivity index (χ0v) is 11.7. The Morgan fingerprint density at radius 1 is 1.45 bits per heavy atom. The first-order chi connectivity index (χ1) is 9.60. The number of amides is 1. The van der Waals surface area contributed by atoms with Gasteiger partial charge in [-0.05, 0) is 36.8 Å². The van der Waals surface area contributed by atoms with E-state index in [9.17, 15) is 4.79 Å². The number of hydrogen-bond acceptors (Lipinski definition) is 3. The standard InChI is InChI=1S/C15H21N3O2/c1-10-5-6-11(7-10)9-17-15(19)13-4-2-3-12(8-13)14(16)18-20/h2-4,8,10-11,20H,5-7,9H2,1H3,(H2,16,18)(H,17,19). The Bertz CT molecular complexity index is 514. The molecule has 2 atom stereocenters. The minimum Gasteiger partial charge on any atom is -0.409 e. The van der Waals surface area contributed by atoms with Crippen LogP contribution in [-0.2, 0) is 0 Å². The lowest BCUT2D eigenvalue weighted by molar-refractivity contribution is 0.0947. The predicted molar refractivity (Wildman–Crippen MR) is 77.8 cm³/mol. The van der Waals surface area contributed by atoms with Crippen LogP contribution in [0.5, 0.6) is 0 Å². The molecule has 4 N–H and O–H groups in total. The van der Waals surface area contributed by atoms with Crippen LogP contribution in [0.3, 0.4) is 0 Å². The summed E-state index contributed by atoms with van der Waals surface area (Å²) in [6.45, 7) is 2.97. The Labute approximate surface area is 118 Å². The first-order valence-corrected chi connectivity index (χ1v) is 6.96. The number of benzene rings is 1. The van der Waals surface area contributed by atoms with E-state index in [1.807, 2.05) is 0 Å². The predicted octanol–water partition coefficient (Wildman–Crippen LogP) is 1.95. The summed E-state index contributed by atoms with van der Waals surface area (Å²) in [6.07, 6.45) is 3.62. The van der Waals surface area contributed by atoms with Gasteiger partial charge in [0.15, 0.2) is 5.84 Å². The third-order valence-electron chi connectivity index (χ3n) is 3.88. The fraction of sp³-hybridized carbons (Fsp3) is 0.467. The Kier molecular flexibility index (Phi) is 4.61. The lowest BCUT2D eigenvalue weighted by Crippen LogP contribution is -2.28. The molecule has 1 saturated carbocycles.